The maximum absolute atomic E-state index is 12.2. The van der Waals surface area contributed by atoms with Crippen LogP contribution in [0.5, 0.6) is 5.75 Å². The van der Waals surface area contributed by atoms with Gasteiger partial charge in [0.15, 0.2) is 0 Å². The van der Waals surface area contributed by atoms with Crippen molar-refractivity contribution >= 4 is 11.6 Å². The van der Waals surface area contributed by atoms with E-state index in [0.29, 0.717) is 29.5 Å². The third-order valence-corrected chi connectivity index (χ3v) is 3.04. The second-order valence-electron chi connectivity index (χ2n) is 5.59. The molecule has 0 aliphatic heterocycles. The van der Waals surface area contributed by atoms with E-state index < -0.39 is 0 Å². The van der Waals surface area contributed by atoms with Crippen molar-refractivity contribution in [2.45, 2.75) is 20.8 Å². The number of aromatic nitrogens is 1. The zero-order valence-corrected chi connectivity index (χ0v) is 13.6. The van der Waals surface area contributed by atoms with Crippen molar-refractivity contribution in [2.75, 3.05) is 6.61 Å². The van der Waals surface area contributed by atoms with Gasteiger partial charge in [0.2, 0.25) is 0 Å². The molecule has 2 rings (SSSR count). The number of hydrazone groups is 1. The van der Waals surface area contributed by atoms with Crippen LogP contribution in [0.4, 0.5) is 0 Å². The van der Waals surface area contributed by atoms with Gasteiger partial charge in [0.1, 0.15) is 5.75 Å². The van der Waals surface area contributed by atoms with E-state index in [2.05, 4.69) is 29.4 Å². The highest BCUT2D eigenvalue weighted by molar-refractivity contribution is 5.99. The van der Waals surface area contributed by atoms with Gasteiger partial charge in [0.25, 0.3) is 5.91 Å². The Labute approximate surface area is 136 Å². The van der Waals surface area contributed by atoms with Crippen LogP contribution in [0, 0.1) is 5.92 Å². The van der Waals surface area contributed by atoms with Crippen LogP contribution in [-0.4, -0.2) is 23.2 Å². The molecule has 0 aliphatic rings. The molecule has 1 amide bonds. The van der Waals surface area contributed by atoms with Gasteiger partial charge in [-0.1, -0.05) is 26.0 Å². The summed E-state index contributed by atoms with van der Waals surface area (Å²) in [5.74, 6) is 0.824. The van der Waals surface area contributed by atoms with E-state index >= 15 is 0 Å². The first-order valence-corrected chi connectivity index (χ1v) is 7.55. The maximum atomic E-state index is 12.2. The zero-order valence-electron chi connectivity index (χ0n) is 13.6. The third kappa shape index (κ3) is 5.21. The molecule has 5 heteroatoms. The second-order valence-corrected chi connectivity index (χ2v) is 5.59. The smallest absolute Gasteiger partial charge is 0.271 e. The summed E-state index contributed by atoms with van der Waals surface area (Å²) in [6, 6.07) is 12.6. The molecule has 0 fully saturated rings. The molecule has 1 aromatic carbocycles. The number of benzene rings is 1. The minimum absolute atomic E-state index is 0.282. The molecule has 1 heterocycles. The van der Waals surface area contributed by atoms with E-state index in [4.69, 9.17) is 4.74 Å². The first-order chi connectivity index (χ1) is 11.1. The Morgan fingerprint density at radius 3 is 2.78 bits per heavy atom. The third-order valence-electron chi connectivity index (χ3n) is 3.04. The van der Waals surface area contributed by atoms with Crippen molar-refractivity contribution in [2.24, 2.45) is 11.0 Å². The minimum Gasteiger partial charge on any atom is -0.493 e. The number of nitrogens with one attached hydrogen (secondary N) is 1. The number of amides is 1. The van der Waals surface area contributed by atoms with Crippen LogP contribution < -0.4 is 10.2 Å². The minimum atomic E-state index is -0.282. The maximum Gasteiger partial charge on any atom is 0.271 e. The largest absolute Gasteiger partial charge is 0.493 e. The summed E-state index contributed by atoms with van der Waals surface area (Å²) in [7, 11) is 0. The van der Waals surface area contributed by atoms with Gasteiger partial charge in [-0.2, -0.15) is 5.10 Å². The van der Waals surface area contributed by atoms with Gasteiger partial charge in [0.05, 0.1) is 18.0 Å². The van der Waals surface area contributed by atoms with E-state index in [1.165, 1.54) is 0 Å². The van der Waals surface area contributed by atoms with Crippen molar-refractivity contribution in [3.05, 3.63) is 59.9 Å². The van der Waals surface area contributed by atoms with Gasteiger partial charge >= 0.3 is 0 Å². The molecule has 0 unspecified atom stereocenters. The van der Waals surface area contributed by atoms with Gasteiger partial charge in [-0.25, -0.2) is 5.43 Å². The summed E-state index contributed by atoms with van der Waals surface area (Å²) in [6.45, 7) is 6.56. The first-order valence-electron chi connectivity index (χ1n) is 7.55. The zero-order chi connectivity index (χ0) is 16.7. The number of nitrogens with zero attached hydrogens (tertiary/aromatic N) is 2. The Morgan fingerprint density at radius 2 is 2.09 bits per heavy atom. The SMILES string of the molecule is CC(=NNC(=O)c1cccc(OCC(C)C)c1)c1ccccn1. The molecular formula is C18H21N3O2. The molecule has 0 radical (unpaired) electrons. The lowest BCUT2D eigenvalue weighted by molar-refractivity contribution is 0.0954. The molecule has 0 aliphatic carbocycles. The summed E-state index contributed by atoms with van der Waals surface area (Å²) < 4.78 is 5.63. The van der Waals surface area contributed by atoms with Gasteiger partial charge in [-0.05, 0) is 43.2 Å². The second kappa shape index (κ2) is 8.08. The summed E-state index contributed by atoms with van der Waals surface area (Å²) >= 11 is 0. The standard InChI is InChI=1S/C18H21N3O2/c1-13(2)12-23-16-8-6-7-15(11-16)18(22)21-20-14(3)17-9-4-5-10-19-17/h4-11,13H,12H2,1-3H3,(H,21,22). The van der Waals surface area contributed by atoms with Gasteiger partial charge in [-0.15, -0.1) is 0 Å². The summed E-state index contributed by atoms with van der Waals surface area (Å²) in [4.78, 5) is 16.4. The lowest BCUT2D eigenvalue weighted by Gasteiger charge is -2.09. The Balaban J connectivity index is 2.02. The number of carbonyl (C=O) groups is 1. The normalized spacial score (nSPS) is 11.4. The van der Waals surface area contributed by atoms with Crippen LogP contribution in [0.15, 0.2) is 53.8 Å². The predicted molar refractivity (Wildman–Crippen MR) is 90.7 cm³/mol. The topological polar surface area (TPSA) is 63.6 Å². The molecule has 120 valence electrons. The highest BCUT2D eigenvalue weighted by Crippen LogP contribution is 2.14. The van der Waals surface area contributed by atoms with Gasteiger partial charge < -0.3 is 4.74 Å². The molecule has 0 atom stereocenters. The Kier molecular flexibility index (Phi) is 5.86. The quantitative estimate of drug-likeness (QED) is 0.658. The fourth-order valence-corrected chi connectivity index (χ4v) is 1.82. The van der Waals surface area contributed by atoms with Gasteiger partial charge in [0, 0.05) is 11.8 Å². The number of hydrogen-bond acceptors (Lipinski definition) is 4. The molecule has 0 spiro atoms. The fourth-order valence-electron chi connectivity index (χ4n) is 1.82. The summed E-state index contributed by atoms with van der Waals surface area (Å²) in [5.41, 5.74) is 4.41. The van der Waals surface area contributed by atoms with E-state index in [-0.39, 0.29) is 5.91 Å². The molecule has 5 nitrogen and oxygen atoms in total. The van der Waals surface area contributed by atoms with Crippen LogP contribution in [0.1, 0.15) is 36.8 Å². The molecule has 1 N–H and O–H groups in total. The first kappa shape index (κ1) is 16.7. The van der Waals surface area contributed by atoms with E-state index in [1.54, 1.807) is 31.3 Å². The van der Waals surface area contributed by atoms with Gasteiger partial charge in [-0.3, -0.25) is 9.78 Å². The Hall–Kier alpha value is -2.69. The monoisotopic (exact) mass is 311 g/mol. The predicted octanol–water partition coefficient (Wildman–Crippen LogP) is 3.27. The van der Waals surface area contributed by atoms with Crippen molar-refractivity contribution in [3.63, 3.8) is 0 Å². The molecule has 0 saturated carbocycles. The van der Waals surface area contributed by atoms with E-state index in [9.17, 15) is 4.79 Å². The van der Waals surface area contributed by atoms with Crippen LogP contribution in [0.25, 0.3) is 0 Å². The Bertz CT molecular complexity index is 682. The van der Waals surface area contributed by atoms with Crippen LogP contribution in [0.3, 0.4) is 0 Å². The van der Waals surface area contributed by atoms with Crippen molar-refractivity contribution in [3.8, 4) is 5.75 Å². The molecule has 1 aromatic heterocycles. The van der Waals surface area contributed by atoms with Crippen molar-refractivity contribution < 1.29 is 9.53 Å². The number of rotatable bonds is 6. The Morgan fingerprint density at radius 1 is 1.26 bits per heavy atom. The number of carbonyl (C=O) groups excluding carboxylic acids is 1. The molecular weight excluding hydrogens is 290 g/mol. The van der Waals surface area contributed by atoms with Crippen LogP contribution in [-0.2, 0) is 0 Å². The van der Waals surface area contributed by atoms with Crippen molar-refractivity contribution in [1.29, 1.82) is 0 Å². The lowest BCUT2D eigenvalue weighted by atomic mass is 10.2. The summed E-state index contributed by atoms with van der Waals surface area (Å²) in [5, 5.41) is 4.09. The van der Waals surface area contributed by atoms with E-state index in [1.807, 2.05) is 24.3 Å². The number of ether oxygens (including phenoxy) is 1. The average molecular weight is 311 g/mol. The number of hydrogen-bond donors (Lipinski definition) is 1. The van der Waals surface area contributed by atoms with Crippen LogP contribution >= 0.6 is 0 Å². The molecule has 0 saturated heterocycles. The van der Waals surface area contributed by atoms with Crippen molar-refractivity contribution in [1.82, 2.24) is 10.4 Å². The molecule has 23 heavy (non-hydrogen) atoms. The molecule has 2 aromatic rings. The highest BCUT2D eigenvalue weighted by atomic mass is 16.5. The fraction of sp³-hybridized carbons (Fsp3) is 0.278. The lowest BCUT2D eigenvalue weighted by Crippen LogP contribution is -2.19. The highest BCUT2D eigenvalue weighted by Gasteiger charge is 2.07. The number of pyridine rings is 1. The molecule has 0 bridgehead atoms. The van der Waals surface area contributed by atoms with E-state index in [0.717, 1.165) is 5.69 Å². The van der Waals surface area contributed by atoms with Crippen LogP contribution in [0.2, 0.25) is 0 Å². The summed E-state index contributed by atoms with van der Waals surface area (Å²) in [6.07, 6.45) is 1.69. The average Bonchev–Trinajstić information content (AvgIpc) is 2.58.